The van der Waals surface area contributed by atoms with Crippen LogP contribution in [-0.4, -0.2) is 21.8 Å². The average Bonchev–Trinajstić information content (AvgIpc) is 2.42. The van der Waals surface area contributed by atoms with E-state index in [2.05, 4.69) is 4.18 Å². The summed E-state index contributed by atoms with van der Waals surface area (Å²) in [5, 5.41) is 0. The summed E-state index contributed by atoms with van der Waals surface area (Å²) in [5.41, 5.74) is -4.87. The van der Waals surface area contributed by atoms with Gasteiger partial charge in [0.2, 0.25) is 0 Å². The van der Waals surface area contributed by atoms with Crippen LogP contribution in [-0.2, 0) is 31.4 Å². The molecule has 8 heteroatoms. The smallest absolute Gasteiger partial charge is 0.459 e. The Labute approximate surface area is 135 Å². The van der Waals surface area contributed by atoms with E-state index in [-0.39, 0.29) is 13.0 Å². The van der Waals surface area contributed by atoms with E-state index in [0.717, 1.165) is 0 Å². The summed E-state index contributed by atoms with van der Waals surface area (Å²) in [6.45, 7) is 5.08. The van der Waals surface area contributed by atoms with E-state index in [9.17, 15) is 22.2 Å². The number of carbonyl (C=O) groups is 1. The lowest BCUT2D eigenvalue weighted by molar-refractivity contribution is -0.155. The van der Waals surface area contributed by atoms with Crippen LogP contribution in [0, 0.1) is 5.41 Å². The lowest BCUT2D eigenvalue weighted by Gasteiger charge is -2.24. The third kappa shape index (κ3) is 7.60. The summed E-state index contributed by atoms with van der Waals surface area (Å²) in [7, 11) is 0. The molecule has 0 aromatic heterocycles. The van der Waals surface area contributed by atoms with Gasteiger partial charge in [-0.25, -0.2) is 9.00 Å². The number of ether oxygens (including phenoxy) is 1. The Balaban J connectivity index is 2.74. The Morgan fingerprint density at radius 3 is 2.22 bits per heavy atom. The van der Waals surface area contributed by atoms with Gasteiger partial charge < -0.3 is 4.74 Å². The van der Waals surface area contributed by atoms with E-state index in [1.54, 1.807) is 51.1 Å². The Bertz CT molecular complexity index is 538. The average molecular weight is 352 g/mol. The zero-order chi connectivity index (χ0) is 17.7. The molecule has 0 N–H and O–H groups in total. The van der Waals surface area contributed by atoms with E-state index in [1.165, 1.54) is 0 Å². The molecule has 0 aliphatic rings. The first-order valence-corrected chi connectivity index (χ1v) is 7.93. The van der Waals surface area contributed by atoms with Crippen LogP contribution >= 0.6 is 0 Å². The molecule has 0 saturated carbocycles. The van der Waals surface area contributed by atoms with Gasteiger partial charge in [-0.15, -0.1) is 0 Å². The second kappa shape index (κ2) is 7.92. The molecule has 2 atom stereocenters. The predicted molar refractivity (Wildman–Crippen MR) is 79.4 cm³/mol. The van der Waals surface area contributed by atoms with Crippen LogP contribution in [0.15, 0.2) is 30.3 Å². The molecular weight excluding hydrogens is 333 g/mol. The number of hydrogen-bond acceptors (Lipinski definition) is 4. The predicted octanol–water partition coefficient (Wildman–Crippen LogP) is 3.73. The molecule has 1 aromatic rings. The van der Waals surface area contributed by atoms with Gasteiger partial charge >= 0.3 is 11.5 Å². The Morgan fingerprint density at radius 1 is 1.17 bits per heavy atom. The molecule has 0 aliphatic heterocycles. The first kappa shape index (κ1) is 19.6. The molecule has 1 aromatic carbocycles. The van der Waals surface area contributed by atoms with Crippen LogP contribution in [0.2, 0.25) is 0 Å². The molecule has 0 heterocycles. The van der Waals surface area contributed by atoms with Gasteiger partial charge in [0.1, 0.15) is 6.61 Å². The Hall–Kier alpha value is -1.41. The van der Waals surface area contributed by atoms with Gasteiger partial charge in [0.25, 0.3) is 11.1 Å². The van der Waals surface area contributed by atoms with Gasteiger partial charge in [-0.05, 0) is 17.4 Å². The number of alkyl halides is 3. The van der Waals surface area contributed by atoms with Crippen molar-refractivity contribution in [3.05, 3.63) is 35.9 Å². The highest BCUT2D eigenvalue weighted by atomic mass is 32.2. The second-order valence-corrected chi connectivity index (χ2v) is 7.25. The topological polar surface area (TPSA) is 52.6 Å². The number of hydrogen-bond donors (Lipinski definition) is 0. The molecule has 130 valence electrons. The van der Waals surface area contributed by atoms with Crippen LogP contribution in [0.3, 0.4) is 0 Å². The lowest BCUT2D eigenvalue weighted by atomic mass is 9.89. The molecule has 0 radical (unpaired) electrons. The number of esters is 1. The van der Waals surface area contributed by atoms with Crippen molar-refractivity contribution < 1.29 is 31.1 Å². The Kier molecular flexibility index (Phi) is 6.76. The highest BCUT2D eigenvalue weighted by molar-refractivity contribution is 7.81. The van der Waals surface area contributed by atoms with Crippen molar-refractivity contribution in [1.29, 1.82) is 0 Å². The third-order valence-electron chi connectivity index (χ3n) is 2.68. The van der Waals surface area contributed by atoms with E-state index in [1.807, 2.05) is 0 Å². The fourth-order valence-corrected chi connectivity index (χ4v) is 2.16. The molecule has 4 nitrogen and oxygen atoms in total. The van der Waals surface area contributed by atoms with Crippen LogP contribution in [0.1, 0.15) is 32.8 Å². The standard InChI is InChI=1S/C15H19F3O4S/c1-14(2,3)9-12(22-23(20)15(16,17)18)13(19)21-10-11-7-5-4-6-8-11/h4-8,12H,9-10H2,1-3H3. The van der Waals surface area contributed by atoms with Crippen molar-refractivity contribution in [2.24, 2.45) is 5.41 Å². The summed E-state index contributed by atoms with van der Waals surface area (Å²) in [4.78, 5) is 12.0. The highest BCUT2D eigenvalue weighted by Gasteiger charge is 2.42. The number of benzene rings is 1. The van der Waals surface area contributed by atoms with Crippen molar-refractivity contribution >= 4 is 17.0 Å². The maximum atomic E-state index is 12.4. The largest absolute Gasteiger partial charge is 0.497 e. The molecule has 0 spiro atoms. The molecule has 1 rings (SSSR count). The van der Waals surface area contributed by atoms with Crippen LogP contribution < -0.4 is 0 Å². The van der Waals surface area contributed by atoms with Gasteiger partial charge in [0.15, 0.2) is 6.10 Å². The summed E-state index contributed by atoms with van der Waals surface area (Å²) >= 11 is -3.57. The molecule has 0 amide bonds. The fourth-order valence-electron chi connectivity index (χ4n) is 1.69. The van der Waals surface area contributed by atoms with E-state index in [0.29, 0.717) is 5.56 Å². The van der Waals surface area contributed by atoms with Gasteiger partial charge in [-0.1, -0.05) is 51.1 Å². The quantitative estimate of drug-likeness (QED) is 0.732. The minimum Gasteiger partial charge on any atom is -0.459 e. The molecule has 0 aliphatic carbocycles. The number of halogens is 3. The van der Waals surface area contributed by atoms with Crippen molar-refractivity contribution in [2.45, 2.75) is 45.4 Å². The molecular formula is C15H19F3O4S. The molecule has 0 bridgehead atoms. The number of rotatable bonds is 6. The van der Waals surface area contributed by atoms with E-state index in [4.69, 9.17) is 4.74 Å². The van der Waals surface area contributed by atoms with Crippen LogP contribution in [0.4, 0.5) is 13.2 Å². The van der Waals surface area contributed by atoms with Crippen LogP contribution in [0.5, 0.6) is 0 Å². The SMILES string of the molecule is CC(C)(C)CC(OS(=O)C(F)(F)F)C(=O)OCc1ccccc1. The minimum atomic E-state index is -5.05. The second-order valence-electron chi connectivity index (χ2n) is 6.12. The summed E-state index contributed by atoms with van der Waals surface area (Å²) in [6, 6.07) is 8.68. The molecule has 23 heavy (non-hydrogen) atoms. The summed E-state index contributed by atoms with van der Waals surface area (Å²) in [6.07, 6.45) is -1.61. The number of carbonyl (C=O) groups excluding carboxylic acids is 1. The highest BCUT2D eigenvalue weighted by Crippen LogP contribution is 2.28. The maximum absolute atomic E-state index is 12.4. The zero-order valence-electron chi connectivity index (χ0n) is 13.1. The Morgan fingerprint density at radius 2 is 1.74 bits per heavy atom. The summed E-state index contributed by atoms with van der Waals surface area (Å²) in [5.74, 6) is -0.971. The van der Waals surface area contributed by atoms with Gasteiger partial charge in [-0.2, -0.15) is 13.2 Å². The van der Waals surface area contributed by atoms with Gasteiger partial charge in [0, 0.05) is 0 Å². The summed E-state index contributed by atoms with van der Waals surface area (Å²) < 4.78 is 57.6. The van der Waals surface area contributed by atoms with E-state index < -0.39 is 34.1 Å². The van der Waals surface area contributed by atoms with Crippen molar-refractivity contribution in [3.63, 3.8) is 0 Å². The first-order chi connectivity index (χ1) is 10.5. The normalized spacial score (nSPS) is 15.0. The third-order valence-corrected chi connectivity index (χ3v) is 3.46. The van der Waals surface area contributed by atoms with Gasteiger partial charge in [0.05, 0.1) is 0 Å². The van der Waals surface area contributed by atoms with Gasteiger partial charge in [-0.3, -0.25) is 4.18 Å². The van der Waals surface area contributed by atoms with Crippen molar-refractivity contribution in [1.82, 2.24) is 0 Å². The molecule has 0 fully saturated rings. The minimum absolute atomic E-state index is 0.0531. The van der Waals surface area contributed by atoms with Crippen LogP contribution in [0.25, 0.3) is 0 Å². The monoisotopic (exact) mass is 352 g/mol. The zero-order valence-corrected chi connectivity index (χ0v) is 13.9. The molecule has 2 unspecified atom stereocenters. The van der Waals surface area contributed by atoms with Crippen molar-refractivity contribution in [3.8, 4) is 0 Å². The first-order valence-electron chi connectivity index (χ1n) is 6.85. The molecule has 0 saturated heterocycles. The van der Waals surface area contributed by atoms with Crippen molar-refractivity contribution in [2.75, 3.05) is 0 Å². The maximum Gasteiger partial charge on any atom is 0.497 e. The lowest BCUT2D eigenvalue weighted by Crippen LogP contribution is -2.34. The van der Waals surface area contributed by atoms with E-state index >= 15 is 0 Å². The fraction of sp³-hybridized carbons (Fsp3) is 0.533.